The molecule has 0 saturated heterocycles. The number of ether oxygens (including phenoxy) is 1. The Balaban J connectivity index is 1.35. The Morgan fingerprint density at radius 3 is 2.66 bits per heavy atom. The molecular weight excluding hydrogens is 546 g/mol. The maximum Gasteiger partial charge on any atom is 0.410 e. The first-order valence-corrected chi connectivity index (χ1v) is 14.1. The highest BCUT2D eigenvalue weighted by Gasteiger charge is 2.27. The van der Waals surface area contributed by atoms with Gasteiger partial charge in [0.15, 0.2) is 0 Å². The summed E-state index contributed by atoms with van der Waals surface area (Å²) >= 11 is 1.36. The van der Waals surface area contributed by atoms with Crippen LogP contribution in [-0.4, -0.2) is 59.0 Å². The van der Waals surface area contributed by atoms with E-state index in [1.807, 2.05) is 6.92 Å². The van der Waals surface area contributed by atoms with E-state index in [2.05, 4.69) is 16.0 Å². The second kappa shape index (κ2) is 10.8. The predicted molar refractivity (Wildman–Crippen MR) is 159 cm³/mol. The summed E-state index contributed by atoms with van der Waals surface area (Å²) in [6.45, 7) is 8.53. The molecule has 11 nitrogen and oxygen atoms in total. The fourth-order valence-corrected chi connectivity index (χ4v) is 5.87. The quantitative estimate of drug-likeness (QED) is 0.269. The molecule has 1 unspecified atom stereocenters. The average Bonchev–Trinajstić information content (AvgIpc) is 3.22. The third kappa shape index (κ3) is 6.02. The number of hydrogen-bond donors (Lipinski definition) is 3. The molecule has 2 aromatic carbocycles. The van der Waals surface area contributed by atoms with E-state index in [1.165, 1.54) is 17.4 Å². The Labute approximate surface area is 240 Å². The monoisotopic (exact) mass is 577 g/mol. The van der Waals surface area contributed by atoms with Crippen LogP contribution in [0.5, 0.6) is 0 Å². The topological polar surface area (TPSA) is 143 Å². The highest BCUT2D eigenvalue weighted by molar-refractivity contribution is 7.21. The molecule has 0 fully saturated rings. The fraction of sp³-hybridized carbons (Fsp3) is 0.345. The number of rotatable bonds is 4. The summed E-state index contributed by atoms with van der Waals surface area (Å²) in [7, 11) is 0. The van der Waals surface area contributed by atoms with Gasteiger partial charge in [-0.3, -0.25) is 19.7 Å². The van der Waals surface area contributed by atoms with Crippen LogP contribution in [0.4, 0.5) is 21.9 Å². The summed E-state index contributed by atoms with van der Waals surface area (Å²) in [4.78, 5) is 51.7. The van der Waals surface area contributed by atoms with E-state index in [4.69, 9.17) is 4.74 Å². The number of carbonyl (C=O) groups excluding carboxylic acids is 3. The lowest BCUT2D eigenvalue weighted by molar-refractivity contribution is -0.385. The van der Waals surface area contributed by atoms with E-state index >= 15 is 0 Å². The molecule has 3 heterocycles. The van der Waals surface area contributed by atoms with Gasteiger partial charge < -0.3 is 25.6 Å². The Morgan fingerprint density at radius 1 is 1.20 bits per heavy atom. The molecule has 0 aliphatic carbocycles. The summed E-state index contributed by atoms with van der Waals surface area (Å²) in [5.41, 5.74) is 1.80. The van der Waals surface area contributed by atoms with Crippen LogP contribution in [0.1, 0.15) is 59.7 Å². The highest BCUT2D eigenvalue weighted by Crippen LogP contribution is 2.38. The van der Waals surface area contributed by atoms with Crippen LogP contribution in [0.25, 0.3) is 15.7 Å². The Kier molecular flexibility index (Phi) is 7.43. The Hall–Kier alpha value is -4.45. The third-order valence-electron chi connectivity index (χ3n) is 6.78. The molecule has 5 rings (SSSR count). The van der Waals surface area contributed by atoms with Crippen molar-refractivity contribution in [1.29, 1.82) is 0 Å². The summed E-state index contributed by atoms with van der Waals surface area (Å²) in [6.07, 6.45) is 1.80. The van der Waals surface area contributed by atoms with Crippen molar-refractivity contribution in [2.45, 2.75) is 45.8 Å². The van der Waals surface area contributed by atoms with Crippen LogP contribution in [0.15, 0.2) is 42.5 Å². The van der Waals surface area contributed by atoms with Gasteiger partial charge in [0.2, 0.25) is 0 Å². The number of fused-ring (bicyclic) bond motifs is 3. The van der Waals surface area contributed by atoms with Crippen LogP contribution in [-0.2, 0) is 4.74 Å². The lowest BCUT2D eigenvalue weighted by atomic mass is 9.97. The van der Waals surface area contributed by atoms with Gasteiger partial charge in [0.1, 0.15) is 10.5 Å². The lowest BCUT2D eigenvalue weighted by Crippen LogP contribution is -2.39. The van der Waals surface area contributed by atoms with E-state index in [-0.39, 0.29) is 29.9 Å². The SMILES string of the molecule is CC1CNc2c(sc3ccc(C(=O)Nc4ccc(C5=CCN(C(=O)OC(C)(C)C)CC5)c([N+](=O)[O-])c4)cc23)C(=O)N1. The number of thiophene rings is 1. The summed E-state index contributed by atoms with van der Waals surface area (Å²) < 4.78 is 6.29. The smallest absolute Gasteiger partial charge is 0.410 e. The molecule has 1 aromatic heterocycles. The van der Waals surface area contributed by atoms with Gasteiger partial charge in [0.05, 0.1) is 16.2 Å². The average molecular weight is 578 g/mol. The normalized spacial score (nSPS) is 17.1. The Bertz CT molecular complexity index is 1600. The van der Waals surface area contributed by atoms with Crippen molar-refractivity contribution < 1.29 is 24.0 Å². The molecule has 3 amide bonds. The predicted octanol–water partition coefficient (Wildman–Crippen LogP) is 5.63. The van der Waals surface area contributed by atoms with E-state index < -0.39 is 22.5 Å². The number of anilines is 2. The number of hydrogen-bond acceptors (Lipinski definition) is 8. The van der Waals surface area contributed by atoms with Crippen LogP contribution < -0.4 is 16.0 Å². The van der Waals surface area contributed by atoms with Crippen LogP contribution in [0, 0.1) is 10.1 Å². The van der Waals surface area contributed by atoms with Crippen LogP contribution >= 0.6 is 11.3 Å². The molecule has 0 bridgehead atoms. The molecule has 0 spiro atoms. The number of carbonyl (C=O) groups is 3. The first kappa shape index (κ1) is 28.1. The molecule has 0 radical (unpaired) electrons. The van der Waals surface area contributed by atoms with Gasteiger partial charge in [-0.05, 0) is 70.0 Å². The fourth-order valence-electron chi connectivity index (χ4n) is 4.81. The van der Waals surface area contributed by atoms with Crippen molar-refractivity contribution in [1.82, 2.24) is 10.2 Å². The molecule has 12 heteroatoms. The van der Waals surface area contributed by atoms with E-state index in [1.54, 1.807) is 62.1 Å². The second-order valence-electron chi connectivity index (χ2n) is 11.1. The minimum absolute atomic E-state index is 0.0318. The highest BCUT2D eigenvalue weighted by atomic mass is 32.1. The number of amides is 3. The number of benzene rings is 2. The number of nitro groups is 1. The standard InChI is InChI=1S/C29H31N5O6S/c1-16-15-30-24-21-13-18(5-8-23(21)41-25(24)27(36)31-16)26(35)32-19-6-7-20(22(14-19)34(38)39)17-9-11-33(12-10-17)28(37)40-29(2,3)4/h5-9,13-14,16,30H,10-12,15H2,1-4H3,(H,31,36)(H,32,35). The zero-order valence-corrected chi connectivity index (χ0v) is 24.0. The van der Waals surface area contributed by atoms with Gasteiger partial charge in [-0.2, -0.15) is 0 Å². The van der Waals surface area contributed by atoms with Crippen molar-refractivity contribution in [2.75, 3.05) is 30.3 Å². The first-order chi connectivity index (χ1) is 19.4. The molecule has 0 saturated carbocycles. The molecule has 41 heavy (non-hydrogen) atoms. The van der Waals surface area contributed by atoms with E-state index in [9.17, 15) is 24.5 Å². The number of nitrogens with zero attached hydrogens (tertiary/aromatic N) is 2. The first-order valence-electron chi connectivity index (χ1n) is 13.3. The van der Waals surface area contributed by atoms with Gasteiger partial charge in [-0.15, -0.1) is 11.3 Å². The summed E-state index contributed by atoms with van der Waals surface area (Å²) in [5, 5.41) is 21.8. The summed E-state index contributed by atoms with van der Waals surface area (Å²) in [5.74, 6) is -0.576. The number of nitrogens with one attached hydrogen (secondary N) is 3. The minimum Gasteiger partial charge on any atom is -0.444 e. The summed E-state index contributed by atoms with van der Waals surface area (Å²) in [6, 6.07) is 9.75. The molecule has 2 aliphatic heterocycles. The zero-order chi connectivity index (χ0) is 29.5. The Morgan fingerprint density at radius 2 is 1.98 bits per heavy atom. The van der Waals surface area contributed by atoms with Gasteiger partial charge in [-0.25, -0.2) is 4.79 Å². The molecule has 3 N–H and O–H groups in total. The zero-order valence-electron chi connectivity index (χ0n) is 23.2. The van der Waals surface area contributed by atoms with Crippen LogP contribution in [0.3, 0.4) is 0 Å². The second-order valence-corrected chi connectivity index (χ2v) is 12.2. The van der Waals surface area contributed by atoms with Gasteiger partial charge in [-0.1, -0.05) is 6.08 Å². The maximum atomic E-state index is 13.2. The van der Waals surface area contributed by atoms with Crippen molar-refractivity contribution in [3.63, 3.8) is 0 Å². The van der Waals surface area contributed by atoms with Crippen molar-refractivity contribution >= 4 is 62.0 Å². The van der Waals surface area contributed by atoms with Crippen LogP contribution in [0.2, 0.25) is 0 Å². The van der Waals surface area contributed by atoms with Gasteiger partial charge >= 0.3 is 6.09 Å². The third-order valence-corrected chi connectivity index (χ3v) is 7.95. The van der Waals surface area contributed by atoms with Crippen molar-refractivity contribution in [3.8, 4) is 0 Å². The maximum absolute atomic E-state index is 13.2. The molecule has 2 aliphatic rings. The lowest BCUT2D eigenvalue weighted by Gasteiger charge is -2.29. The van der Waals surface area contributed by atoms with E-state index in [0.29, 0.717) is 41.2 Å². The van der Waals surface area contributed by atoms with E-state index in [0.717, 1.165) is 15.7 Å². The minimum atomic E-state index is -0.611. The van der Waals surface area contributed by atoms with Crippen molar-refractivity contribution in [3.05, 3.63) is 68.6 Å². The van der Waals surface area contributed by atoms with Gasteiger partial charge in [0.25, 0.3) is 17.5 Å². The molecular formula is C29H31N5O6S. The van der Waals surface area contributed by atoms with Gasteiger partial charge in [0, 0.05) is 53.1 Å². The van der Waals surface area contributed by atoms with Crippen molar-refractivity contribution in [2.24, 2.45) is 0 Å². The molecule has 3 aromatic rings. The largest absolute Gasteiger partial charge is 0.444 e. The number of nitro benzene ring substituents is 1. The molecule has 1 atom stereocenters. The molecule has 214 valence electrons.